The predicted molar refractivity (Wildman–Crippen MR) is 126 cm³/mol. The second-order valence-corrected chi connectivity index (χ2v) is 8.28. The molecule has 1 aliphatic rings. The monoisotopic (exact) mass is 450 g/mol. The van der Waals surface area contributed by atoms with Gasteiger partial charge in [0.05, 0.1) is 30.6 Å². The summed E-state index contributed by atoms with van der Waals surface area (Å²) in [7, 11) is 1.57. The molecule has 0 spiro atoms. The van der Waals surface area contributed by atoms with E-state index in [2.05, 4.69) is 11.8 Å². The Morgan fingerprint density at radius 1 is 1.15 bits per heavy atom. The molecule has 1 aromatic heterocycles. The molecule has 0 radical (unpaired) electrons. The van der Waals surface area contributed by atoms with Crippen molar-refractivity contribution in [1.82, 2.24) is 19.6 Å². The van der Waals surface area contributed by atoms with E-state index in [0.29, 0.717) is 30.1 Å². The van der Waals surface area contributed by atoms with Crippen LogP contribution in [0.25, 0.3) is 5.69 Å². The Morgan fingerprint density at radius 3 is 2.64 bits per heavy atom. The van der Waals surface area contributed by atoms with Gasteiger partial charge in [-0.05, 0) is 44.2 Å². The number of ether oxygens (including phenoxy) is 1. The van der Waals surface area contributed by atoms with Crippen LogP contribution >= 0.6 is 0 Å². The first-order valence-corrected chi connectivity index (χ1v) is 11.6. The molecule has 6 nitrogen and oxygen atoms in total. The fourth-order valence-electron chi connectivity index (χ4n) is 4.50. The zero-order chi connectivity index (χ0) is 23.4. The minimum atomic E-state index is -0.303. The highest BCUT2D eigenvalue weighted by atomic mass is 19.1. The van der Waals surface area contributed by atoms with Crippen LogP contribution in [0.5, 0.6) is 5.75 Å². The lowest BCUT2D eigenvalue weighted by atomic mass is 10.0. The van der Waals surface area contributed by atoms with Gasteiger partial charge in [-0.15, -0.1) is 0 Å². The summed E-state index contributed by atoms with van der Waals surface area (Å²) >= 11 is 0. The van der Waals surface area contributed by atoms with Gasteiger partial charge in [0.2, 0.25) is 0 Å². The minimum absolute atomic E-state index is 0.106. The molecule has 4 rings (SSSR count). The quantitative estimate of drug-likeness (QED) is 0.509. The van der Waals surface area contributed by atoms with Gasteiger partial charge in [0.25, 0.3) is 5.91 Å². The van der Waals surface area contributed by atoms with Crippen LogP contribution in [0.3, 0.4) is 0 Å². The third-order valence-electron chi connectivity index (χ3n) is 6.19. The maximum Gasteiger partial charge on any atom is 0.257 e. The third-order valence-corrected chi connectivity index (χ3v) is 6.19. The van der Waals surface area contributed by atoms with Crippen LogP contribution in [0.15, 0.2) is 48.5 Å². The first kappa shape index (κ1) is 23.0. The Kier molecular flexibility index (Phi) is 7.08. The van der Waals surface area contributed by atoms with Gasteiger partial charge in [-0.2, -0.15) is 5.10 Å². The maximum atomic E-state index is 14.7. The molecule has 0 unspecified atom stereocenters. The lowest BCUT2D eigenvalue weighted by molar-refractivity contribution is 0.0746. The van der Waals surface area contributed by atoms with Crippen LogP contribution in [-0.4, -0.2) is 52.2 Å². The van der Waals surface area contributed by atoms with E-state index in [0.717, 1.165) is 49.4 Å². The summed E-state index contributed by atoms with van der Waals surface area (Å²) in [4.78, 5) is 17.5. The number of hydrogen-bond acceptors (Lipinski definition) is 4. The fourth-order valence-corrected chi connectivity index (χ4v) is 4.50. The van der Waals surface area contributed by atoms with Gasteiger partial charge < -0.3 is 9.64 Å². The first-order valence-electron chi connectivity index (χ1n) is 11.6. The Balaban J connectivity index is 1.72. The third kappa shape index (κ3) is 4.64. The molecule has 2 heterocycles. The number of amides is 1. The molecule has 1 aliphatic heterocycles. The molecular weight excluding hydrogens is 419 g/mol. The van der Waals surface area contributed by atoms with Crippen molar-refractivity contribution in [2.45, 2.75) is 39.8 Å². The van der Waals surface area contributed by atoms with Crippen molar-refractivity contribution in [3.05, 3.63) is 76.9 Å². The van der Waals surface area contributed by atoms with E-state index in [1.54, 1.807) is 41.0 Å². The van der Waals surface area contributed by atoms with Gasteiger partial charge in [-0.3, -0.25) is 9.69 Å². The SMILES string of the molecule is CCCN1CCc2c(c(CN(CC)C(=O)c3ccccc3OC)nn2-c2ccccc2F)C1. The topological polar surface area (TPSA) is 50.6 Å². The molecule has 174 valence electrons. The zero-order valence-corrected chi connectivity index (χ0v) is 19.6. The van der Waals surface area contributed by atoms with Gasteiger partial charge in [0.15, 0.2) is 0 Å². The van der Waals surface area contributed by atoms with Crippen LogP contribution < -0.4 is 4.74 Å². The number of benzene rings is 2. The number of carbonyl (C=O) groups excluding carboxylic acids is 1. The highest BCUT2D eigenvalue weighted by molar-refractivity contribution is 5.96. The van der Waals surface area contributed by atoms with E-state index in [1.807, 2.05) is 25.1 Å². The number of fused-ring (bicyclic) bond motifs is 1. The summed E-state index contributed by atoms with van der Waals surface area (Å²) in [6.07, 6.45) is 1.86. The molecule has 0 bridgehead atoms. The molecule has 1 amide bonds. The molecule has 0 aliphatic carbocycles. The molecule has 0 saturated heterocycles. The molecule has 0 saturated carbocycles. The van der Waals surface area contributed by atoms with Gasteiger partial charge >= 0.3 is 0 Å². The number of methoxy groups -OCH3 is 1. The number of halogens is 1. The molecule has 3 aromatic rings. The van der Waals surface area contributed by atoms with Crippen LogP contribution in [0.2, 0.25) is 0 Å². The summed E-state index contributed by atoms with van der Waals surface area (Å²) in [5.74, 6) is 0.141. The number of carbonyl (C=O) groups is 1. The van der Waals surface area contributed by atoms with E-state index in [4.69, 9.17) is 9.84 Å². The van der Waals surface area contributed by atoms with Crippen molar-refractivity contribution in [2.24, 2.45) is 0 Å². The lowest BCUT2D eigenvalue weighted by Crippen LogP contribution is -2.33. The van der Waals surface area contributed by atoms with E-state index in [-0.39, 0.29) is 11.7 Å². The summed E-state index contributed by atoms with van der Waals surface area (Å²) in [5, 5.41) is 4.85. The van der Waals surface area contributed by atoms with Crippen molar-refractivity contribution >= 4 is 5.91 Å². The first-order chi connectivity index (χ1) is 16.1. The Bertz CT molecular complexity index is 1130. The maximum absolute atomic E-state index is 14.7. The average molecular weight is 451 g/mol. The Morgan fingerprint density at radius 2 is 1.91 bits per heavy atom. The molecule has 7 heteroatoms. The summed E-state index contributed by atoms with van der Waals surface area (Å²) < 4.78 is 21.8. The fraction of sp³-hybridized carbons (Fsp3) is 0.385. The molecule has 0 atom stereocenters. The predicted octanol–water partition coefficient (Wildman–Crippen LogP) is 4.45. The molecular formula is C26H31FN4O2. The standard InChI is InChI=1S/C26H31FN4O2/c1-4-15-29-16-14-23-20(17-29)22(28-31(23)24-12-8-7-11-21(24)27)18-30(5-2)26(32)19-10-6-9-13-25(19)33-3/h6-13H,4-5,14-18H2,1-3H3. The molecule has 33 heavy (non-hydrogen) atoms. The highest BCUT2D eigenvalue weighted by Crippen LogP contribution is 2.28. The average Bonchev–Trinajstić information content (AvgIpc) is 3.20. The van der Waals surface area contributed by atoms with Crippen molar-refractivity contribution in [3.63, 3.8) is 0 Å². The van der Waals surface area contributed by atoms with Crippen molar-refractivity contribution < 1.29 is 13.9 Å². The second-order valence-electron chi connectivity index (χ2n) is 8.28. The van der Waals surface area contributed by atoms with E-state index >= 15 is 0 Å². The van der Waals surface area contributed by atoms with Gasteiger partial charge in [0.1, 0.15) is 17.3 Å². The Hall–Kier alpha value is -3.19. The Labute approximate surface area is 194 Å². The summed E-state index contributed by atoms with van der Waals surface area (Å²) in [6, 6.07) is 14.0. The van der Waals surface area contributed by atoms with Gasteiger partial charge in [-0.25, -0.2) is 9.07 Å². The lowest BCUT2D eigenvalue weighted by Gasteiger charge is -2.28. The van der Waals surface area contributed by atoms with Crippen molar-refractivity contribution in [3.8, 4) is 11.4 Å². The number of para-hydroxylation sites is 2. The number of aromatic nitrogens is 2. The van der Waals surface area contributed by atoms with Crippen LogP contribution in [0, 0.1) is 5.82 Å². The zero-order valence-electron chi connectivity index (χ0n) is 19.6. The minimum Gasteiger partial charge on any atom is -0.496 e. The number of nitrogens with zero attached hydrogens (tertiary/aromatic N) is 4. The van der Waals surface area contributed by atoms with Crippen molar-refractivity contribution in [1.29, 1.82) is 0 Å². The molecule has 2 aromatic carbocycles. The normalized spacial score (nSPS) is 13.6. The van der Waals surface area contributed by atoms with Crippen LogP contribution in [-0.2, 0) is 19.5 Å². The van der Waals surface area contributed by atoms with Crippen LogP contribution in [0.1, 0.15) is 47.6 Å². The largest absolute Gasteiger partial charge is 0.496 e. The molecule has 0 N–H and O–H groups in total. The van der Waals surface area contributed by atoms with Gasteiger partial charge in [0, 0.05) is 31.6 Å². The number of rotatable bonds is 8. The molecule has 0 fully saturated rings. The van der Waals surface area contributed by atoms with Crippen LogP contribution in [0.4, 0.5) is 4.39 Å². The second kappa shape index (κ2) is 10.2. The summed E-state index contributed by atoms with van der Waals surface area (Å²) in [6.45, 7) is 7.68. The number of hydrogen-bond donors (Lipinski definition) is 0. The van der Waals surface area contributed by atoms with E-state index in [1.165, 1.54) is 6.07 Å². The smallest absolute Gasteiger partial charge is 0.257 e. The van der Waals surface area contributed by atoms with Crippen molar-refractivity contribution in [2.75, 3.05) is 26.7 Å². The van der Waals surface area contributed by atoms with E-state index in [9.17, 15) is 9.18 Å². The van der Waals surface area contributed by atoms with E-state index < -0.39 is 0 Å². The summed E-state index contributed by atoms with van der Waals surface area (Å²) in [5.41, 5.74) is 3.92. The van der Waals surface area contributed by atoms with Gasteiger partial charge in [-0.1, -0.05) is 31.2 Å². The highest BCUT2D eigenvalue weighted by Gasteiger charge is 2.28.